The molecule has 28 heavy (non-hydrogen) atoms. The third-order valence-corrected chi connectivity index (χ3v) is 6.10. The molecule has 1 aromatic rings. The molecule has 1 heterocycles. The molecular formula is C22H31FN2O3. The maximum Gasteiger partial charge on any atom is 0.225 e. The van der Waals surface area contributed by atoms with E-state index < -0.39 is 0 Å². The van der Waals surface area contributed by atoms with Crippen molar-refractivity contribution >= 4 is 11.8 Å². The topological polar surface area (TPSA) is 58.6 Å². The van der Waals surface area contributed by atoms with Crippen molar-refractivity contribution < 1.29 is 18.7 Å². The summed E-state index contributed by atoms with van der Waals surface area (Å²) in [7, 11) is 1.60. The van der Waals surface area contributed by atoms with E-state index in [9.17, 15) is 14.0 Å². The third-order valence-electron chi connectivity index (χ3n) is 6.10. The van der Waals surface area contributed by atoms with E-state index in [4.69, 9.17) is 4.74 Å². The van der Waals surface area contributed by atoms with Gasteiger partial charge in [-0.2, -0.15) is 0 Å². The molecule has 154 valence electrons. The van der Waals surface area contributed by atoms with Crippen LogP contribution in [0, 0.1) is 24.6 Å². The molecule has 1 aromatic carbocycles. The van der Waals surface area contributed by atoms with E-state index in [1.165, 1.54) is 6.07 Å². The molecule has 1 aliphatic heterocycles. The zero-order chi connectivity index (χ0) is 20.1. The number of aryl methyl sites for hydroxylation is 1. The van der Waals surface area contributed by atoms with Gasteiger partial charge in [-0.3, -0.25) is 9.59 Å². The molecule has 0 radical (unpaired) electrons. The number of piperidine rings is 1. The fourth-order valence-corrected chi connectivity index (χ4v) is 4.48. The Kier molecular flexibility index (Phi) is 7.05. The van der Waals surface area contributed by atoms with Crippen LogP contribution in [0.3, 0.4) is 0 Å². The number of ether oxygens (including phenoxy) is 1. The van der Waals surface area contributed by atoms with Crippen LogP contribution < -0.4 is 5.32 Å². The van der Waals surface area contributed by atoms with Crippen molar-refractivity contribution in [3.05, 3.63) is 35.1 Å². The summed E-state index contributed by atoms with van der Waals surface area (Å²) in [6, 6.07) is 5.12. The number of methoxy groups -OCH3 is 1. The first-order valence-corrected chi connectivity index (χ1v) is 10.3. The molecule has 3 rings (SSSR count). The quantitative estimate of drug-likeness (QED) is 0.760. The van der Waals surface area contributed by atoms with Crippen molar-refractivity contribution in [2.45, 2.75) is 44.9 Å². The normalized spacial score (nSPS) is 23.0. The van der Waals surface area contributed by atoms with Crippen LogP contribution in [0.25, 0.3) is 0 Å². The van der Waals surface area contributed by atoms with Crippen molar-refractivity contribution in [3.8, 4) is 0 Å². The highest BCUT2D eigenvalue weighted by Gasteiger charge is 2.37. The fraction of sp³-hybridized carbons (Fsp3) is 0.636. The van der Waals surface area contributed by atoms with Crippen LogP contribution in [-0.2, 0) is 14.3 Å². The summed E-state index contributed by atoms with van der Waals surface area (Å²) < 4.78 is 18.7. The van der Waals surface area contributed by atoms with E-state index in [1.54, 1.807) is 20.1 Å². The van der Waals surface area contributed by atoms with Crippen LogP contribution in [-0.4, -0.2) is 50.1 Å². The van der Waals surface area contributed by atoms with E-state index in [2.05, 4.69) is 5.32 Å². The maximum absolute atomic E-state index is 13.7. The van der Waals surface area contributed by atoms with Gasteiger partial charge in [0.2, 0.25) is 11.8 Å². The van der Waals surface area contributed by atoms with Crippen LogP contribution in [0.4, 0.5) is 4.39 Å². The van der Waals surface area contributed by atoms with Gasteiger partial charge in [-0.05, 0) is 43.4 Å². The second-order valence-electron chi connectivity index (χ2n) is 8.15. The number of benzene rings is 1. The lowest BCUT2D eigenvalue weighted by atomic mass is 9.83. The zero-order valence-electron chi connectivity index (χ0n) is 16.9. The van der Waals surface area contributed by atoms with E-state index in [-0.39, 0.29) is 35.4 Å². The summed E-state index contributed by atoms with van der Waals surface area (Å²) >= 11 is 0. The minimum atomic E-state index is -0.258. The first-order valence-electron chi connectivity index (χ1n) is 10.3. The van der Waals surface area contributed by atoms with E-state index >= 15 is 0 Å². The van der Waals surface area contributed by atoms with Gasteiger partial charge in [-0.1, -0.05) is 25.0 Å². The second kappa shape index (κ2) is 9.50. The van der Waals surface area contributed by atoms with E-state index in [0.29, 0.717) is 38.2 Å². The number of nitrogens with one attached hydrogen (secondary N) is 1. The molecule has 6 heteroatoms. The summed E-state index contributed by atoms with van der Waals surface area (Å²) in [5, 5.41) is 2.91. The number of nitrogens with zero attached hydrogens (tertiary/aromatic N) is 1. The predicted molar refractivity (Wildman–Crippen MR) is 105 cm³/mol. The fourth-order valence-electron chi connectivity index (χ4n) is 4.48. The average molecular weight is 390 g/mol. The Morgan fingerprint density at radius 2 is 1.96 bits per heavy atom. The predicted octanol–water partition coefficient (Wildman–Crippen LogP) is 3.02. The minimum Gasteiger partial charge on any atom is -0.383 e. The molecule has 0 bridgehead atoms. The Morgan fingerprint density at radius 1 is 1.21 bits per heavy atom. The molecule has 2 unspecified atom stereocenters. The average Bonchev–Trinajstić information content (AvgIpc) is 3.24. The molecule has 2 fully saturated rings. The highest BCUT2D eigenvalue weighted by Crippen LogP contribution is 2.34. The third kappa shape index (κ3) is 4.90. The Labute approximate surface area is 166 Å². The Morgan fingerprint density at radius 3 is 2.64 bits per heavy atom. The smallest absolute Gasteiger partial charge is 0.225 e. The van der Waals surface area contributed by atoms with E-state index in [1.807, 2.05) is 11.0 Å². The molecule has 1 N–H and O–H groups in total. The highest BCUT2D eigenvalue weighted by molar-refractivity contribution is 5.82. The molecule has 5 nitrogen and oxygen atoms in total. The Balaban J connectivity index is 1.77. The molecule has 1 saturated carbocycles. The monoisotopic (exact) mass is 390 g/mol. The van der Waals surface area contributed by atoms with Crippen molar-refractivity contribution in [3.63, 3.8) is 0 Å². The lowest BCUT2D eigenvalue weighted by Crippen LogP contribution is -2.49. The summed E-state index contributed by atoms with van der Waals surface area (Å²) in [6.07, 6.45) is 4.76. The molecule has 1 saturated heterocycles. The van der Waals surface area contributed by atoms with Gasteiger partial charge in [0.25, 0.3) is 0 Å². The summed E-state index contributed by atoms with van der Waals surface area (Å²) in [4.78, 5) is 27.6. The lowest BCUT2D eigenvalue weighted by Gasteiger charge is -2.38. The Bertz CT molecular complexity index is 703. The number of hydrogen-bond acceptors (Lipinski definition) is 3. The van der Waals surface area contributed by atoms with Gasteiger partial charge in [0, 0.05) is 38.6 Å². The highest BCUT2D eigenvalue weighted by atomic mass is 19.1. The number of likely N-dealkylation sites (tertiary alicyclic amines) is 1. The van der Waals surface area contributed by atoms with Crippen LogP contribution in [0.15, 0.2) is 18.2 Å². The van der Waals surface area contributed by atoms with Gasteiger partial charge in [-0.25, -0.2) is 4.39 Å². The SMILES string of the molecule is COCCNC(=O)C1CC(c2ccc(F)c(C)c2)CN(C(=O)C2CCCC2)C1. The van der Waals surface area contributed by atoms with Crippen molar-refractivity contribution in [1.29, 1.82) is 0 Å². The Hall–Kier alpha value is -1.95. The summed E-state index contributed by atoms with van der Waals surface area (Å²) in [6.45, 7) is 3.73. The van der Waals surface area contributed by atoms with Gasteiger partial charge in [0.1, 0.15) is 5.82 Å². The van der Waals surface area contributed by atoms with Crippen LogP contribution in [0.1, 0.15) is 49.1 Å². The second-order valence-corrected chi connectivity index (χ2v) is 8.15. The number of rotatable bonds is 6. The first-order chi connectivity index (χ1) is 13.5. The zero-order valence-corrected chi connectivity index (χ0v) is 16.9. The summed E-state index contributed by atoms with van der Waals surface area (Å²) in [5.74, 6) is -0.221. The molecule has 2 amide bonds. The van der Waals surface area contributed by atoms with Gasteiger partial charge < -0.3 is 15.0 Å². The minimum absolute atomic E-state index is 0.0372. The number of carbonyl (C=O) groups is 2. The number of hydrogen-bond donors (Lipinski definition) is 1. The number of amides is 2. The molecule has 0 aromatic heterocycles. The standard InChI is InChI=1S/C22H31FN2O3/c1-15-11-17(7-8-20(15)23)18-12-19(21(26)24-9-10-28-2)14-25(13-18)22(27)16-5-3-4-6-16/h7-8,11,16,18-19H,3-6,9-10,12-14H2,1-2H3,(H,24,26). The van der Waals surface area contributed by atoms with Gasteiger partial charge in [-0.15, -0.1) is 0 Å². The molecular weight excluding hydrogens is 359 g/mol. The molecule has 0 spiro atoms. The van der Waals surface area contributed by atoms with Gasteiger partial charge in [0.15, 0.2) is 0 Å². The van der Waals surface area contributed by atoms with Crippen LogP contribution >= 0.6 is 0 Å². The van der Waals surface area contributed by atoms with Crippen molar-refractivity contribution in [2.75, 3.05) is 33.4 Å². The summed E-state index contributed by atoms with van der Waals surface area (Å²) in [5.41, 5.74) is 1.59. The maximum atomic E-state index is 13.7. The van der Waals surface area contributed by atoms with Gasteiger partial charge >= 0.3 is 0 Å². The number of halogens is 1. The molecule has 1 aliphatic carbocycles. The molecule has 2 aliphatic rings. The van der Waals surface area contributed by atoms with Gasteiger partial charge in [0.05, 0.1) is 12.5 Å². The van der Waals surface area contributed by atoms with Crippen molar-refractivity contribution in [2.24, 2.45) is 11.8 Å². The number of carbonyl (C=O) groups excluding carboxylic acids is 2. The van der Waals surface area contributed by atoms with Crippen LogP contribution in [0.2, 0.25) is 0 Å². The van der Waals surface area contributed by atoms with Crippen molar-refractivity contribution in [1.82, 2.24) is 10.2 Å². The molecule has 2 atom stereocenters. The lowest BCUT2D eigenvalue weighted by molar-refractivity contribution is -0.139. The first kappa shape index (κ1) is 20.8. The van der Waals surface area contributed by atoms with E-state index in [0.717, 1.165) is 31.2 Å². The van der Waals surface area contributed by atoms with Crippen LogP contribution in [0.5, 0.6) is 0 Å². The largest absolute Gasteiger partial charge is 0.383 e.